The fourth-order valence-corrected chi connectivity index (χ4v) is 5.95. The van der Waals surface area contributed by atoms with E-state index in [4.69, 9.17) is 9.84 Å². The number of aliphatic carboxylic acids is 1. The number of likely N-dealkylation sites (tertiary alicyclic amines) is 1. The maximum atomic E-state index is 12.6. The second-order valence-corrected chi connectivity index (χ2v) is 10.8. The van der Waals surface area contributed by atoms with E-state index in [0.29, 0.717) is 6.42 Å². The number of carboxylic acids is 1. The van der Waals surface area contributed by atoms with E-state index in [2.05, 4.69) is 52.0 Å². The Hall–Kier alpha value is -2.16. The molecule has 2 unspecified atom stereocenters. The van der Waals surface area contributed by atoms with Crippen molar-refractivity contribution in [3.63, 3.8) is 0 Å². The third kappa shape index (κ3) is 7.67. The normalized spacial score (nSPS) is 24.8. The lowest BCUT2D eigenvalue weighted by Crippen LogP contribution is -2.53. The molecule has 8 nitrogen and oxygen atoms in total. The first-order chi connectivity index (χ1) is 17.5. The number of unbranched alkanes of at least 4 members (excludes halogenated alkanes) is 1. The summed E-state index contributed by atoms with van der Waals surface area (Å²) in [6.07, 6.45) is 6.57. The van der Waals surface area contributed by atoms with E-state index in [9.17, 15) is 9.59 Å². The number of hydrogen-bond donors (Lipinski definition) is 1. The summed E-state index contributed by atoms with van der Waals surface area (Å²) in [7, 11) is 0. The Kier molecular flexibility index (Phi) is 10.0. The summed E-state index contributed by atoms with van der Waals surface area (Å²) in [6.45, 7) is 10.6. The molecule has 1 aromatic rings. The molecular formula is C28H44N4O4. The van der Waals surface area contributed by atoms with Crippen molar-refractivity contribution < 1.29 is 19.4 Å². The topological polar surface area (TPSA) is 76.6 Å². The summed E-state index contributed by atoms with van der Waals surface area (Å²) >= 11 is 0. The highest BCUT2D eigenvalue weighted by molar-refractivity contribution is 5.70. The number of cyclic esters (lactones) is 1. The van der Waals surface area contributed by atoms with Crippen LogP contribution in [0.25, 0.3) is 0 Å². The number of carbonyl (C=O) groups excluding carboxylic acids is 1. The van der Waals surface area contributed by atoms with E-state index in [1.54, 1.807) is 0 Å². The molecule has 3 saturated heterocycles. The molecule has 0 bridgehead atoms. The van der Waals surface area contributed by atoms with Gasteiger partial charge in [-0.25, -0.2) is 4.79 Å². The maximum absolute atomic E-state index is 12.6. The van der Waals surface area contributed by atoms with Gasteiger partial charge >= 0.3 is 12.1 Å². The number of piperazine rings is 1. The Balaban J connectivity index is 1.10. The zero-order valence-electron chi connectivity index (χ0n) is 21.9. The molecule has 200 valence electrons. The molecule has 3 heterocycles. The van der Waals surface area contributed by atoms with Crippen LogP contribution < -0.4 is 0 Å². The number of ether oxygens (including phenoxy) is 1. The molecule has 0 saturated carbocycles. The van der Waals surface area contributed by atoms with Crippen LogP contribution in [0.1, 0.15) is 57.4 Å². The number of hydrogen-bond acceptors (Lipinski definition) is 6. The van der Waals surface area contributed by atoms with Crippen molar-refractivity contribution in [2.75, 3.05) is 52.4 Å². The molecule has 2 atom stereocenters. The van der Waals surface area contributed by atoms with Gasteiger partial charge in [-0.05, 0) is 63.7 Å². The highest BCUT2D eigenvalue weighted by Gasteiger charge is 2.42. The molecule has 36 heavy (non-hydrogen) atoms. The summed E-state index contributed by atoms with van der Waals surface area (Å²) in [5.41, 5.74) is 1.40. The van der Waals surface area contributed by atoms with Gasteiger partial charge in [-0.15, -0.1) is 0 Å². The minimum atomic E-state index is -0.732. The molecule has 8 heteroatoms. The second kappa shape index (κ2) is 13.4. The average molecular weight is 501 g/mol. The van der Waals surface area contributed by atoms with Gasteiger partial charge in [0.05, 0.1) is 6.04 Å². The number of piperidine rings is 1. The summed E-state index contributed by atoms with van der Waals surface area (Å²) in [4.78, 5) is 32.4. The van der Waals surface area contributed by atoms with Crippen molar-refractivity contribution in [2.45, 2.75) is 70.7 Å². The Morgan fingerprint density at radius 1 is 0.944 bits per heavy atom. The van der Waals surface area contributed by atoms with Gasteiger partial charge < -0.3 is 19.6 Å². The van der Waals surface area contributed by atoms with Crippen LogP contribution in [0.5, 0.6) is 0 Å². The molecule has 3 fully saturated rings. The zero-order chi connectivity index (χ0) is 25.3. The van der Waals surface area contributed by atoms with Crippen LogP contribution in [-0.2, 0) is 16.1 Å². The highest BCUT2D eigenvalue weighted by atomic mass is 16.6. The highest BCUT2D eigenvalue weighted by Crippen LogP contribution is 2.26. The predicted octanol–water partition coefficient (Wildman–Crippen LogP) is 3.72. The number of benzene rings is 1. The fourth-order valence-electron chi connectivity index (χ4n) is 5.95. The van der Waals surface area contributed by atoms with Gasteiger partial charge in [-0.2, -0.15) is 0 Å². The van der Waals surface area contributed by atoms with Crippen LogP contribution in [0.2, 0.25) is 0 Å². The van der Waals surface area contributed by atoms with E-state index in [-0.39, 0.29) is 24.8 Å². The monoisotopic (exact) mass is 500 g/mol. The van der Waals surface area contributed by atoms with E-state index in [1.165, 1.54) is 44.3 Å². The van der Waals surface area contributed by atoms with E-state index in [0.717, 1.165) is 58.2 Å². The smallest absolute Gasteiger partial charge is 0.411 e. The lowest BCUT2D eigenvalue weighted by atomic mass is 9.91. The van der Waals surface area contributed by atoms with Crippen molar-refractivity contribution in [3.8, 4) is 0 Å². The molecule has 3 aliphatic rings. The first kappa shape index (κ1) is 26.9. The zero-order valence-corrected chi connectivity index (χ0v) is 21.9. The number of nitrogens with zero attached hydrogens (tertiary/aromatic N) is 4. The van der Waals surface area contributed by atoms with Gasteiger partial charge in [0.2, 0.25) is 0 Å². The number of carboxylic acid groups (broad SMARTS) is 1. The fraction of sp³-hybridized carbons (Fsp3) is 0.714. The minimum Gasteiger partial charge on any atom is -0.481 e. The van der Waals surface area contributed by atoms with Gasteiger partial charge in [0, 0.05) is 45.7 Å². The largest absolute Gasteiger partial charge is 0.481 e. The van der Waals surface area contributed by atoms with Crippen LogP contribution in [0, 0.1) is 5.92 Å². The lowest BCUT2D eigenvalue weighted by molar-refractivity contribution is -0.137. The predicted molar refractivity (Wildman–Crippen MR) is 140 cm³/mol. The van der Waals surface area contributed by atoms with E-state index in [1.807, 2.05) is 4.90 Å². The lowest BCUT2D eigenvalue weighted by Gasteiger charge is -2.38. The summed E-state index contributed by atoms with van der Waals surface area (Å²) in [5, 5.41) is 8.82. The minimum absolute atomic E-state index is 0.0669. The van der Waals surface area contributed by atoms with Crippen molar-refractivity contribution in [3.05, 3.63) is 35.9 Å². The Labute approximate surface area is 216 Å². The van der Waals surface area contributed by atoms with Crippen LogP contribution in [0.15, 0.2) is 30.3 Å². The molecule has 0 aromatic heterocycles. The molecule has 1 amide bonds. The molecule has 0 aliphatic carbocycles. The maximum Gasteiger partial charge on any atom is 0.411 e. The summed E-state index contributed by atoms with van der Waals surface area (Å²) in [5.74, 6) is 0.0733. The molecule has 3 aliphatic heterocycles. The Bertz CT molecular complexity index is 822. The standard InChI is InChI=1S/C28H44N4O4/c1-23-27(31-20-18-29(19-21-31)14-7-11-26(33)34)36-28(35)32(23)15-6-5-8-24-12-16-30(17-13-24)22-25-9-3-2-4-10-25/h2-4,9-10,23-24,27H,5-8,11-22H2,1H3,(H,33,34). The first-order valence-corrected chi connectivity index (χ1v) is 13.9. The van der Waals surface area contributed by atoms with E-state index >= 15 is 0 Å². The average Bonchev–Trinajstić information content (AvgIpc) is 3.17. The van der Waals surface area contributed by atoms with Crippen LogP contribution in [0.4, 0.5) is 4.79 Å². The number of amides is 1. The van der Waals surface area contributed by atoms with E-state index < -0.39 is 5.97 Å². The SMILES string of the molecule is CC1C(N2CCN(CCCC(=O)O)CC2)OC(=O)N1CCCCC1CCN(Cc2ccccc2)CC1. The third-order valence-corrected chi connectivity index (χ3v) is 8.21. The van der Waals surface area contributed by atoms with Crippen molar-refractivity contribution in [2.24, 2.45) is 5.92 Å². The van der Waals surface area contributed by atoms with Gasteiger partial charge in [0.1, 0.15) is 0 Å². The summed E-state index contributed by atoms with van der Waals surface area (Å²) < 4.78 is 5.79. The van der Waals surface area contributed by atoms with Gasteiger partial charge in [-0.1, -0.05) is 43.2 Å². The van der Waals surface area contributed by atoms with Gasteiger partial charge in [0.15, 0.2) is 6.23 Å². The van der Waals surface area contributed by atoms with Crippen molar-refractivity contribution in [1.29, 1.82) is 0 Å². The molecule has 1 aromatic carbocycles. The molecule has 1 N–H and O–H groups in total. The van der Waals surface area contributed by atoms with Crippen LogP contribution in [0.3, 0.4) is 0 Å². The van der Waals surface area contributed by atoms with Crippen molar-refractivity contribution in [1.82, 2.24) is 19.6 Å². The Morgan fingerprint density at radius 3 is 2.36 bits per heavy atom. The quantitative estimate of drug-likeness (QED) is 0.439. The van der Waals surface area contributed by atoms with Gasteiger partial charge in [-0.3, -0.25) is 14.6 Å². The van der Waals surface area contributed by atoms with Crippen LogP contribution >= 0.6 is 0 Å². The molecule has 0 radical (unpaired) electrons. The number of rotatable bonds is 12. The number of carbonyl (C=O) groups is 2. The molecule has 0 spiro atoms. The van der Waals surface area contributed by atoms with Crippen molar-refractivity contribution >= 4 is 12.1 Å². The first-order valence-electron chi connectivity index (χ1n) is 13.9. The van der Waals surface area contributed by atoms with Gasteiger partial charge in [0.25, 0.3) is 0 Å². The third-order valence-electron chi connectivity index (χ3n) is 8.21. The molecular weight excluding hydrogens is 456 g/mol. The molecule has 4 rings (SSSR count). The van der Waals surface area contributed by atoms with Crippen LogP contribution in [-0.4, -0.2) is 101 Å². The Morgan fingerprint density at radius 2 is 1.67 bits per heavy atom. The second-order valence-electron chi connectivity index (χ2n) is 10.8. The summed E-state index contributed by atoms with van der Waals surface area (Å²) in [6, 6.07) is 10.8.